The molecule has 1 aliphatic heterocycles. The third kappa shape index (κ3) is 2.63. The van der Waals surface area contributed by atoms with Crippen LogP contribution in [0.15, 0.2) is 72.8 Å². The van der Waals surface area contributed by atoms with Crippen LogP contribution in [0.1, 0.15) is 22.1 Å². The van der Waals surface area contributed by atoms with Gasteiger partial charge in [0.25, 0.3) is 5.91 Å². The quantitative estimate of drug-likeness (QED) is 0.747. The number of carbonyl (C=O) groups is 1. The first-order chi connectivity index (χ1) is 12.7. The molecular weight excluding hydrogens is 328 g/mol. The lowest BCUT2D eigenvalue weighted by Crippen LogP contribution is -2.34. The predicted octanol–water partition coefficient (Wildman–Crippen LogP) is 4.17. The summed E-state index contributed by atoms with van der Waals surface area (Å²) in [4.78, 5) is 14.9. The Balaban J connectivity index is 1.78. The molecule has 2 N–H and O–H groups in total. The van der Waals surface area contributed by atoms with E-state index in [1.807, 2.05) is 36.4 Å². The van der Waals surface area contributed by atoms with Crippen LogP contribution in [0.3, 0.4) is 0 Å². The standard InChI is InChI=1S/C21H18N2O3/c1-26-15-12-10-14(11-13-15)21(25)23-18-8-4-3-7-17(18)22-20(23)16-6-2-5-9-19(16)24/h2-13,20,22,24H,1H3. The summed E-state index contributed by atoms with van der Waals surface area (Å²) in [6, 6.07) is 21.7. The second kappa shape index (κ2) is 6.44. The van der Waals surface area contributed by atoms with E-state index in [9.17, 15) is 9.90 Å². The van der Waals surface area contributed by atoms with Crippen molar-refractivity contribution in [3.8, 4) is 11.5 Å². The van der Waals surface area contributed by atoms with Crippen molar-refractivity contribution in [3.63, 3.8) is 0 Å². The van der Waals surface area contributed by atoms with Crippen molar-refractivity contribution < 1.29 is 14.6 Å². The maximum atomic E-state index is 13.3. The zero-order valence-electron chi connectivity index (χ0n) is 14.2. The molecular formula is C21H18N2O3. The molecule has 0 saturated carbocycles. The van der Waals surface area contributed by atoms with E-state index in [0.717, 1.165) is 11.4 Å². The van der Waals surface area contributed by atoms with Gasteiger partial charge in [-0.15, -0.1) is 0 Å². The molecule has 1 heterocycles. The number of ether oxygens (including phenoxy) is 1. The number of phenolic OH excluding ortho intramolecular Hbond substituents is 1. The van der Waals surface area contributed by atoms with Crippen LogP contribution in [-0.2, 0) is 0 Å². The van der Waals surface area contributed by atoms with Crippen LogP contribution in [-0.4, -0.2) is 18.1 Å². The Morgan fingerprint density at radius 1 is 1.00 bits per heavy atom. The maximum Gasteiger partial charge on any atom is 0.260 e. The predicted molar refractivity (Wildman–Crippen MR) is 101 cm³/mol. The van der Waals surface area contributed by atoms with E-state index in [-0.39, 0.29) is 11.7 Å². The van der Waals surface area contributed by atoms with Gasteiger partial charge in [-0.2, -0.15) is 0 Å². The summed E-state index contributed by atoms with van der Waals surface area (Å²) in [6.07, 6.45) is -0.483. The zero-order valence-corrected chi connectivity index (χ0v) is 14.2. The van der Waals surface area contributed by atoms with Gasteiger partial charge in [-0.05, 0) is 42.5 Å². The molecule has 1 amide bonds. The molecule has 4 rings (SSSR count). The number of benzene rings is 3. The van der Waals surface area contributed by atoms with Gasteiger partial charge in [0.1, 0.15) is 17.7 Å². The number of phenols is 1. The SMILES string of the molecule is COc1ccc(C(=O)N2c3ccccc3NC2c2ccccc2O)cc1. The largest absolute Gasteiger partial charge is 0.508 e. The molecule has 0 aliphatic carbocycles. The van der Waals surface area contributed by atoms with Gasteiger partial charge >= 0.3 is 0 Å². The highest BCUT2D eigenvalue weighted by Crippen LogP contribution is 2.43. The van der Waals surface area contributed by atoms with Crippen LogP contribution in [0.4, 0.5) is 11.4 Å². The number of rotatable bonds is 3. The van der Waals surface area contributed by atoms with Crippen LogP contribution >= 0.6 is 0 Å². The van der Waals surface area contributed by atoms with Crippen molar-refractivity contribution >= 4 is 17.3 Å². The topological polar surface area (TPSA) is 61.8 Å². The first kappa shape index (κ1) is 16.0. The molecule has 26 heavy (non-hydrogen) atoms. The number of carbonyl (C=O) groups excluding carboxylic acids is 1. The van der Waals surface area contributed by atoms with Crippen molar-refractivity contribution in [2.24, 2.45) is 0 Å². The normalized spacial score (nSPS) is 15.3. The van der Waals surface area contributed by atoms with Gasteiger partial charge in [0.15, 0.2) is 0 Å². The lowest BCUT2D eigenvalue weighted by atomic mass is 10.1. The minimum atomic E-state index is -0.483. The van der Waals surface area contributed by atoms with Crippen molar-refractivity contribution in [1.29, 1.82) is 0 Å². The number of amides is 1. The first-order valence-electron chi connectivity index (χ1n) is 8.30. The van der Waals surface area contributed by atoms with Crippen LogP contribution < -0.4 is 15.0 Å². The Hall–Kier alpha value is -3.47. The average molecular weight is 346 g/mol. The number of aromatic hydroxyl groups is 1. The fourth-order valence-electron chi connectivity index (χ4n) is 3.19. The number of fused-ring (bicyclic) bond motifs is 1. The second-order valence-electron chi connectivity index (χ2n) is 6.03. The number of hydrogen-bond acceptors (Lipinski definition) is 4. The van der Waals surface area contributed by atoms with E-state index in [1.54, 1.807) is 48.4 Å². The number of nitrogens with one attached hydrogen (secondary N) is 1. The summed E-state index contributed by atoms with van der Waals surface area (Å²) in [5.74, 6) is 0.683. The Labute approximate surface area is 151 Å². The summed E-state index contributed by atoms with van der Waals surface area (Å²) in [5, 5.41) is 13.6. The molecule has 1 aliphatic rings. The Kier molecular flexibility index (Phi) is 3.97. The molecule has 1 atom stereocenters. The van der Waals surface area contributed by atoms with E-state index < -0.39 is 6.17 Å². The molecule has 0 aromatic heterocycles. The van der Waals surface area contributed by atoms with Crippen molar-refractivity contribution in [2.75, 3.05) is 17.3 Å². The van der Waals surface area contributed by atoms with Crippen LogP contribution in [0, 0.1) is 0 Å². The Morgan fingerprint density at radius 2 is 1.69 bits per heavy atom. The molecule has 0 radical (unpaired) electrons. The molecule has 130 valence electrons. The van der Waals surface area contributed by atoms with E-state index in [2.05, 4.69) is 5.32 Å². The van der Waals surface area contributed by atoms with E-state index in [1.165, 1.54) is 0 Å². The average Bonchev–Trinajstić information content (AvgIpc) is 3.07. The van der Waals surface area contributed by atoms with Gasteiger partial charge in [-0.3, -0.25) is 9.69 Å². The van der Waals surface area contributed by atoms with Gasteiger partial charge in [-0.25, -0.2) is 0 Å². The summed E-state index contributed by atoms with van der Waals surface area (Å²) in [7, 11) is 1.59. The van der Waals surface area contributed by atoms with E-state index in [0.29, 0.717) is 16.9 Å². The van der Waals surface area contributed by atoms with Gasteiger partial charge in [0, 0.05) is 11.1 Å². The number of methoxy groups -OCH3 is 1. The van der Waals surface area contributed by atoms with Gasteiger partial charge < -0.3 is 15.2 Å². The highest BCUT2D eigenvalue weighted by molar-refractivity contribution is 6.10. The monoisotopic (exact) mass is 346 g/mol. The minimum absolute atomic E-state index is 0.144. The molecule has 1 unspecified atom stereocenters. The van der Waals surface area contributed by atoms with Gasteiger partial charge in [0.2, 0.25) is 0 Å². The molecule has 3 aromatic rings. The zero-order chi connectivity index (χ0) is 18.1. The number of para-hydroxylation sites is 3. The smallest absolute Gasteiger partial charge is 0.260 e. The maximum absolute atomic E-state index is 13.3. The first-order valence-corrected chi connectivity index (χ1v) is 8.30. The number of anilines is 2. The molecule has 3 aromatic carbocycles. The molecule has 0 bridgehead atoms. The second-order valence-corrected chi connectivity index (χ2v) is 6.03. The molecule has 5 nitrogen and oxygen atoms in total. The summed E-state index contributed by atoms with van der Waals surface area (Å²) < 4.78 is 5.17. The lowest BCUT2D eigenvalue weighted by Gasteiger charge is -2.26. The summed E-state index contributed by atoms with van der Waals surface area (Å²) >= 11 is 0. The van der Waals surface area contributed by atoms with Crippen molar-refractivity contribution in [2.45, 2.75) is 6.17 Å². The Bertz CT molecular complexity index is 953. The third-order valence-corrected chi connectivity index (χ3v) is 4.50. The highest BCUT2D eigenvalue weighted by atomic mass is 16.5. The molecule has 0 fully saturated rings. The summed E-state index contributed by atoms with van der Waals surface area (Å²) in [6.45, 7) is 0. The van der Waals surface area contributed by atoms with Gasteiger partial charge in [0.05, 0.1) is 18.5 Å². The van der Waals surface area contributed by atoms with Crippen LogP contribution in [0.2, 0.25) is 0 Å². The molecule has 5 heteroatoms. The minimum Gasteiger partial charge on any atom is -0.508 e. The Morgan fingerprint density at radius 3 is 2.42 bits per heavy atom. The fraction of sp³-hybridized carbons (Fsp3) is 0.0952. The number of hydrogen-bond donors (Lipinski definition) is 2. The van der Waals surface area contributed by atoms with Crippen molar-refractivity contribution in [3.05, 3.63) is 83.9 Å². The number of nitrogens with zero attached hydrogens (tertiary/aromatic N) is 1. The lowest BCUT2D eigenvalue weighted by molar-refractivity contribution is 0.0981. The van der Waals surface area contributed by atoms with E-state index >= 15 is 0 Å². The van der Waals surface area contributed by atoms with Crippen molar-refractivity contribution in [1.82, 2.24) is 0 Å². The van der Waals surface area contributed by atoms with E-state index in [4.69, 9.17) is 4.74 Å². The third-order valence-electron chi connectivity index (χ3n) is 4.50. The highest BCUT2D eigenvalue weighted by Gasteiger charge is 2.36. The fourth-order valence-corrected chi connectivity index (χ4v) is 3.19. The van der Waals surface area contributed by atoms with Crippen LogP contribution in [0.25, 0.3) is 0 Å². The molecule has 0 saturated heterocycles. The van der Waals surface area contributed by atoms with Gasteiger partial charge in [-0.1, -0.05) is 30.3 Å². The van der Waals surface area contributed by atoms with Crippen LogP contribution in [0.5, 0.6) is 11.5 Å². The molecule has 0 spiro atoms. The summed E-state index contributed by atoms with van der Waals surface area (Å²) in [5.41, 5.74) is 2.82.